The summed E-state index contributed by atoms with van der Waals surface area (Å²) in [7, 11) is 1.63. The molecule has 0 bridgehead atoms. The monoisotopic (exact) mass is 215 g/mol. The van der Waals surface area contributed by atoms with E-state index in [0.29, 0.717) is 18.8 Å². The molecule has 0 fully saturated rings. The Kier molecular flexibility index (Phi) is 4.48. The van der Waals surface area contributed by atoms with Crippen molar-refractivity contribution in [2.24, 2.45) is 0 Å². The molecule has 0 spiro atoms. The number of hydrogen-bond acceptors (Lipinski definition) is 4. The minimum atomic E-state index is -0.139. The lowest BCUT2D eigenvalue weighted by Gasteiger charge is -1.99. The van der Waals surface area contributed by atoms with Crippen molar-refractivity contribution < 1.29 is 9.53 Å². The maximum atomic E-state index is 11.0. The molecule has 0 unspecified atom stereocenters. The number of anilines is 1. The summed E-state index contributed by atoms with van der Waals surface area (Å²) < 4.78 is 6.60. The lowest BCUT2D eigenvalue weighted by molar-refractivity contribution is -0.113. The summed E-state index contributed by atoms with van der Waals surface area (Å²) in [5.74, 6) is 0.0307. The van der Waals surface area contributed by atoms with E-state index in [1.807, 2.05) is 0 Å². The first-order valence-corrected chi connectivity index (χ1v) is 4.81. The average molecular weight is 215 g/mol. The van der Waals surface area contributed by atoms with Crippen LogP contribution in [-0.2, 0) is 16.1 Å². The van der Waals surface area contributed by atoms with Crippen molar-refractivity contribution in [3.8, 4) is 0 Å². The van der Waals surface area contributed by atoms with Gasteiger partial charge in [-0.3, -0.25) is 9.48 Å². The molecular formula is C8H13N3O2S. The smallest absolute Gasteiger partial charge is 0.234 e. The topological polar surface area (TPSA) is 56.1 Å². The molecule has 14 heavy (non-hydrogen) atoms. The molecule has 1 N–H and O–H groups in total. The van der Waals surface area contributed by atoms with Gasteiger partial charge in [-0.1, -0.05) is 0 Å². The number of ether oxygens (including phenoxy) is 1. The van der Waals surface area contributed by atoms with Crippen molar-refractivity contribution >= 4 is 24.2 Å². The lowest BCUT2D eigenvalue weighted by Crippen LogP contribution is -2.12. The number of rotatable bonds is 5. The second-order valence-corrected chi connectivity index (χ2v) is 3.01. The third-order valence-corrected chi connectivity index (χ3v) is 1.87. The molecule has 5 nitrogen and oxygen atoms in total. The van der Waals surface area contributed by atoms with Crippen LogP contribution in [0, 0.1) is 0 Å². The third kappa shape index (κ3) is 3.39. The van der Waals surface area contributed by atoms with E-state index in [-0.39, 0.29) is 11.7 Å². The quantitative estimate of drug-likeness (QED) is 0.699. The molecule has 0 atom stereocenters. The SMILES string of the molecule is COCCn1cc(NC(=O)CS)cn1. The number of carbonyl (C=O) groups is 1. The molecule has 1 aromatic heterocycles. The van der Waals surface area contributed by atoms with Gasteiger partial charge in [0.15, 0.2) is 0 Å². The molecule has 0 aliphatic carbocycles. The first-order valence-electron chi connectivity index (χ1n) is 4.18. The average Bonchev–Trinajstić information content (AvgIpc) is 2.62. The molecule has 0 saturated heterocycles. The van der Waals surface area contributed by atoms with Crippen LogP contribution < -0.4 is 5.32 Å². The van der Waals surface area contributed by atoms with E-state index in [9.17, 15) is 4.79 Å². The molecule has 0 aliphatic rings. The molecule has 0 saturated carbocycles. The first kappa shape index (κ1) is 11.1. The Morgan fingerprint density at radius 3 is 3.21 bits per heavy atom. The number of carbonyl (C=O) groups excluding carboxylic acids is 1. The van der Waals surface area contributed by atoms with Crippen molar-refractivity contribution in [3.63, 3.8) is 0 Å². The van der Waals surface area contributed by atoms with Gasteiger partial charge in [0.05, 0.1) is 30.8 Å². The van der Waals surface area contributed by atoms with Gasteiger partial charge in [-0.2, -0.15) is 17.7 Å². The summed E-state index contributed by atoms with van der Waals surface area (Å²) in [6.07, 6.45) is 3.34. The normalized spacial score (nSPS) is 10.1. The van der Waals surface area contributed by atoms with Crippen LogP contribution in [0.4, 0.5) is 5.69 Å². The molecule has 1 rings (SSSR count). The Morgan fingerprint density at radius 2 is 2.57 bits per heavy atom. The van der Waals surface area contributed by atoms with E-state index >= 15 is 0 Å². The highest BCUT2D eigenvalue weighted by Crippen LogP contribution is 2.04. The molecular weight excluding hydrogens is 202 g/mol. The van der Waals surface area contributed by atoms with Crippen molar-refractivity contribution in [2.45, 2.75) is 6.54 Å². The summed E-state index contributed by atoms with van der Waals surface area (Å²) in [4.78, 5) is 11.0. The molecule has 0 aromatic carbocycles. The fraction of sp³-hybridized carbons (Fsp3) is 0.500. The van der Waals surface area contributed by atoms with E-state index < -0.39 is 0 Å². The predicted octanol–water partition coefficient (Wildman–Crippen LogP) is 0.398. The van der Waals surface area contributed by atoms with E-state index in [0.717, 1.165) is 0 Å². The Labute approximate surface area is 87.8 Å². The number of nitrogens with zero attached hydrogens (tertiary/aromatic N) is 2. The number of nitrogens with one attached hydrogen (secondary N) is 1. The molecule has 1 aromatic rings. The van der Waals surface area contributed by atoms with Crippen LogP contribution in [-0.4, -0.2) is 35.2 Å². The van der Waals surface area contributed by atoms with Crippen LogP contribution in [0.1, 0.15) is 0 Å². The first-order chi connectivity index (χ1) is 6.76. The van der Waals surface area contributed by atoms with Gasteiger partial charge in [-0.25, -0.2) is 0 Å². The van der Waals surface area contributed by atoms with E-state index in [1.165, 1.54) is 0 Å². The zero-order valence-electron chi connectivity index (χ0n) is 7.93. The number of hydrogen-bond donors (Lipinski definition) is 2. The highest BCUT2D eigenvalue weighted by Gasteiger charge is 2.01. The van der Waals surface area contributed by atoms with Crippen molar-refractivity contribution in [1.82, 2.24) is 9.78 Å². The van der Waals surface area contributed by atoms with Gasteiger partial charge in [0.25, 0.3) is 0 Å². The van der Waals surface area contributed by atoms with Crippen LogP contribution >= 0.6 is 12.6 Å². The molecule has 6 heteroatoms. The highest BCUT2D eigenvalue weighted by molar-refractivity contribution is 7.81. The van der Waals surface area contributed by atoms with Gasteiger partial charge < -0.3 is 10.1 Å². The summed E-state index contributed by atoms with van der Waals surface area (Å²) >= 11 is 3.85. The molecule has 0 aliphatic heterocycles. The van der Waals surface area contributed by atoms with Crippen LogP contribution in [0.5, 0.6) is 0 Å². The number of amides is 1. The number of thiol groups is 1. The standard InChI is InChI=1S/C8H13N3O2S/c1-13-3-2-11-5-7(4-9-11)10-8(12)6-14/h4-5,14H,2-3,6H2,1H3,(H,10,12). The Bertz CT molecular complexity index is 301. The minimum Gasteiger partial charge on any atom is -0.383 e. The largest absolute Gasteiger partial charge is 0.383 e. The zero-order valence-corrected chi connectivity index (χ0v) is 8.83. The Hall–Kier alpha value is -1.01. The predicted molar refractivity (Wildman–Crippen MR) is 56.6 cm³/mol. The summed E-state index contributed by atoms with van der Waals surface area (Å²) in [5.41, 5.74) is 0.681. The lowest BCUT2D eigenvalue weighted by atomic mass is 10.5. The Balaban J connectivity index is 2.46. The summed E-state index contributed by atoms with van der Waals surface area (Å²) in [5, 5.41) is 6.69. The molecule has 78 valence electrons. The number of methoxy groups -OCH3 is 1. The molecule has 1 amide bonds. The van der Waals surface area contributed by atoms with Crippen LogP contribution in [0.15, 0.2) is 12.4 Å². The molecule has 1 heterocycles. The maximum absolute atomic E-state index is 11.0. The van der Waals surface area contributed by atoms with Crippen LogP contribution in [0.3, 0.4) is 0 Å². The molecule has 0 radical (unpaired) electrons. The van der Waals surface area contributed by atoms with Gasteiger partial charge in [-0.05, 0) is 0 Å². The van der Waals surface area contributed by atoms with E-state index in [1.54, 1.807) is 24.2 Å². The van der Waals surface area contributed by atoms with Gasteiger partial charge in [-0.15, -0.1) is 0 Å². The van der Waals surface area contributed by atoms with Gasteiger partial charge >= 0.3 is 0 Å². The maximum Gasteiger partial charge on any atom is 0.234 e. The second-order valence-electron chi connectivity index (χ2n) is 2.69. The van der Waals surface area contributed by atoms with Gasteiger partial charge in [0, 0.05) is 13.3 Å². The van der Waals surface area contributed by atoms with Crippen molar-refractivity contribution in [2.75, 3.05) is 24.8 Å². The second kappa shape index (κ2) is 5.66. The van der Waals surface area contributed by atoms with Gasteiger partial charge in [0.2, 0.25) is 5.91 Å². The minimum absolute atomic E-state index is 0.139. The number of aromatic nitrogens is 2. The van der Waals surface area contributed by atoms with Crippen molar-refractivity contribution in [3.05, 3.63) is 12.4 Å². The third-order valence-electron chi connectivity index (χ3n) is 1.59. The summed E-state index contributed by atoms with van der Waals surface area (Å²) in [6, 6.07) is 0. The van der Waals surface area contributed by atoms with Crippen LogP contribution in [0.2, 0.25) is 0 Å². The zero-order chi connectivity index (χ0) is 10.4. The van der Waals surface area contributed by atoms with Crippen molar-refractivity contribution in [1.29, 1.82) is 0 Å². The van der Waals surface area contributed by atoms with Gasteiger partial charge in [0.1, 0.15) is 0 Å². The van der Waals surface area contributed by atoms with E-state index in [4.69, 9.17) is 4.74 Å². The Morgan fingerprint density at radius 1 is 1.79 bits per heavy atom. The highest BCUT2D eigenvalue weighted by atomic mass is 32.1. The fourth-order valence-electron chi connectivity index (χ4n) is 0.936. The van der Waals surface area contributed by atoms with E-state index in [2.05, 4.69) is 23.0 Å². The fourth-order valence-corrected chi connectivity index (χ4v) is 1.01. The summed E-state index contributed by atoms with van der Waals surface area (Å²) in [6.45, 7) is 1.27. The van der Waals surface area contributed by atoms with Crippen LogP contribution in [0.25, 0.3) is 0 Å².